The van der Waals surface area contributed by atoms with Gasteiger partial charge in [0.1, 0.15) is 12.4 Å². The molecule has 142 valence electrons. The van der Waals surface area contributed by atoms with Crippen LogP contribution in [0.1, 0.15) is 27.7 Å². The van der Waals surface area contributed by atoms with Crippen LogP contribution in [-0.2, 0) is 23.9 Å². The van der Waals surface area contributed by atoms with Gasteiger partial charge < -0.3 is 30.4 Å². The van der Waals surface area contributed by atoms with E-state index < -0.39 is 11.6 Å². The normalized spacial score (nSPS) is 13.1. The molecule has 0 bridgehead atoms. The Kier molecular flexibility index (Phi) is 14.8. The van der Waals surface area contributed by atoms with Crippen molar-refractivity contribution in [3.63, 3.8) is 0 Å². The summed E-state index contributed by atoms with van der Waals surface area (Å²) >= 11 is 1.41. The van der Waals surface area contributed by atoms with Crippen molar-refractivity contribution in [3.05, 3.63) is 0 Å². The van der Waals surface area contributed by atoms with Crippen LogP contribution in [0.3, 0.4) is 0 Å². The number of carbonyl (C=O) groups is 3. The third-order valence-electron chi connectivity index (χ3n) is 2.48. The van der Waals surface area contributed by atoms with Crippen LogP contribution in [0.25, 0.3) is 0 Å². The molecule has 0 aromatic heterocycles. The molecular formula is C15H30N2O6S. The molecule has 0 fully saturated rings. The van der Waals surface area contributed by atoms with Crippen molar-refractivity contribution in [2.24, 2.45) is 5.73 Å². The first kappa shape index (κ1) is 25.1. The van der Waals surface area contributed by atoms with Gasteiger partial charge >= 0.3 is 5.97 Å². The maximum atomic E-state index is 11.8. The average molecular weight is 366 g/mol. The lowest BCUT2D eigenvalue weighted by molar-refractivity contribution is -0.147. The van der Waals surface area contributed by atoms with Crippen LogP contribution < -0.4 is 11.1 Å². The molecule has 0 rings (SSSR count). The highest BCUT2D eigenvalue weighted by Gasteiger charge is 2.23. The zero-order chi connectivity index (χ0) is 19.2. The molecule has 0 aromatic carbocycles. The molecule has 0 heterocycles. The molecule has 0 saturated carbocycles. The Morgan fingerprint density at radius 3 is 2.33 bits per heavy atom. The third-order valence-corrected chi connectivity index (χ3v) is 3.68. The fourth-order valence-corrected chi connectivity index (χ4v) is 2.37. The number of aldehydes is 1. The molecule has 4 N–H and O–H groups in total. The van der Waals surface area contributed by atoms with E-state index in [9.17, 15) is 9.59 Å². The Morgan fingerprint density at radius 1 is 1.38 bits per heavy atom. The van der Waals surface area contributed by atoms with E-state index in [1.54, 1.807) is 13.8 Å². The molecule has 0 aliphatic heterocycles. The highest BCUT2D eigenvalue weighted by Crippen LogP contribution is 2.09. The summed E-state index contributed by atoms with van der Waals surface area (Å²) in [4.78, 5) is 31.6. The second-order valence-electron chi connectivity index (χ2n) is 5.60. The van der Waals surface area contributed by atoms with E-state index in [0.29, 0.717) is 18.1 Å². The first-order valence-corrected chi connectivity index (χ1v) is 8.61. The van der Waals surface area contributed by atoms with E-state index in [4.69, 9.17) is 25.1 Å². The summed E-state index contributed by atoms with van der Waals surface area (Å²) < 4.78 is 10.0. The van der Waals surface area contributed by atoms with Gasteiger partial charge in [-0.3, -0.25) is 9.59 Å². The van der Waals surface area contributed by atoms with Crippen molar-refractivity contribution in [1.82, 2.24) is 5.32 Å². The van der Waals surface area contributed by atoms with Crippen molar-refractivity contribution in [2.45, 2.75) is 45.4 Å². The summed E-state index contributed by atoms with van der Waals surface area (Å²) in [6.07, 6.45) is 0.390. The fourth-order valence-electron chi connectivity index (χ4n) is 1.40. The summed E-state index contributed by atoms with van der Waals surface area (Å²) in [5, 5.41) is 11.8. The standard InChI is InChI=1S/C13H26N2O5S.C2H4O/c1-9(17)20-10(5-19-4)6-21-7-11(14)12(18)15-13(2,3)8-16;1-2-3/h10-11,16H,5-8,14H2,1-4H3,(H,15,18);2H,1H3/t10?,11-;/m0./s1. The summed E-state index contributed by atoms with van der Waals surface area (Å²) in [5.41, 5.74) is 5.09. The maximum Gasteiger partial charge on any atom is 0.303 e. The number of hydrogen-bond donors (Lipinski definition) is 3. The Labute approximate surface area is 147 Å². The molecule has 1 amide bonds. The average Bonchev–Trinajstić information content (AvgIpc) is 2.47. The van der Waals surface area contributed by atoms with E-state index >= 15 is 0 Å². The lowest BCUT2D eigenvalue weighted by Crippen LogP contribution is -2.53. The quantitative estimate of drug-likeness (QED) is 0.356. The highest BCUT2D eigenvalue weighted by molar-refractivity contribution is 7.99. The molecule has 0 saturated heterocycles. The molecule has 2 atom stereocenters. The predicted octanol–water partition coefficient (Wildman–Crippen LogP) is -0.283. The van der Waals surface area contributed by atoms with E-state index in [-0.39, 0.29) is 24.6 Å². The van der Waals surface area contributed by atoms with E-state index in [0.717, 1.165) is 6.29 Å². The number of amides is 1. The largest absolute Gasteiger partial charge is 0.459 e. The molecule has 0 radical (unpaired) electrons. The number of aliphatic hydroxyl groups excluding tert-OH is 1. The Morgan fingerprint density at radius 2 is 1.92 bits per heavy atom. The van der Waals surface area contributed by atoms with Crippen molar-refractivity contribution in [3.8, 4) is 0 Å². The van der Waals surface area contributed by atoms with Gasteiger partial charge in [0.2, 0.25) is 5.91 Å². The van der Waals surface area contributed by atoms with Gasteiger partial charge in [0.15, 0.2) is 0 Å². The topological polar surface area (TPSA) is 128 Å². The van der Waals surface area contributed by atoms with Gasteiger partial charge in [-0.05, 0) is 20.8 Å². The van der Waals surface area contributed by atoms with Gasteiger partial charge in [0.05, 0.1) is 24.8 Å². The number of nitrogens with two attached hydrogens (primary N) is 1. The van der Waals surface area contributed by atoms with Crippen molar-refractivity contribution < 1.29 is 29.0 Å². The molecule has 0 aromatic rings. The molecule has 1 unspecified atom stereocenters. The monoisotopic (exact) mass is 366 g/mol. The lowest BCUT2D eigenvalue weighted by Gasteiger charge is -2.25. The van der Waals surface area contributed by atoms with Gasteiger partial charge in [0.25, 0.3) is 0 Å². The van der Waals surface area contributed by atoms with Gasteiger partial charge in [-0.2, -0.15) is 11.8 Å². The van der Waals surface area contributed by atoms with Crippen LogP contribution in [0.5, 0.6) is 0 Å². The lowest BCUT2D eigenvalue weighted by atomic mass is 10.1. The summed E-state index contributed by atoms with van der Waals surface area (Å²) in [7, 11) is 1.53. The fraction of sp³-hybridized carbons (Fsp3) is 0.800. The molecule has 8 nitrogen and oxygen atoms in total. The minimum absolute atomic E-state index is 0.166. The molecule has 24 heavy (non-hydrogen) atoms. The van der Waals surface area contributed by atoms with Crippen LogP contribution in [0, 0.1) is 0 Å². The van der Waals surface area contributed by atoms with E-state index in [1.165, 1.54) is 32.7 Å². The van der Waals surface area contributed by atoms with Crippen molar-refractivity contribution >= 4 is 29.9 Å². The zero-order valence-electron chi connectivity index (χ0n) is 15.0. The third kappa shape index (κ3) is 14.4. The number of esters is 1. The van der Waals surface area contributed by atoms with Crippen LogP contribution in [0.2, 0.25) is 0 Å². The van der Waals surface area contributed by atoms with Crippen LogP contribution >= 0.6 is 11.8 Å². The Bertz CT molecular complexity index is 379. The second kappa shape index (κ2) is 14.2. The summed E-state index contributed by atoms with van der Waals surface area (Å²) in [5.74, 6) is 0.189. The number of nitrogens with one attached hydrogen (secondary N) is 1. The number of ether oxygens (including phenoxy) is 2. The SMILES string of the molecule is CC=O.COCC(CSC[C@H](N)C(=O)NC(C)(C)CO)OC(C)=O. The summed E-state index contributed by atoms with van der Waals surface area (Å²) in [6.45, 7) is 6.33. The Hall–Kier alpha value is -1.16. The summed E-state index contributed by atoms with van der Waals surface area (Å²) in [6, 6.07) is -0.693. The van der Waals surface area contributed by atoms with Crippen molar-refractivity contribution in [2.75, 3.05) is 31.8 Å². The maximum absolute atomic E-state index is 11.8. The van der Waals surface area contributed by atoms with Gasteiger partial charge in [-0.15, -0.1) is 0 Å². The number of thioether (sulfide) groups is 1. The number of methoxy groups -OCH3 is 1. The molecule has 0 aliphatic carbocycles. The predicted molar refractivity (Wildman–Crippen MR) is 93.8 cm³/mol. The smallest absolute Gasteiger partial charge is 0.303 e. The first-order valence-electron chi connectivity index (χ1n) is 7.45. The molecule has 0 spiro atoms. The number of rotatable bonds is 10. The minimum Gasteiger partial charge on any atom is -0.459 e. The van der Waals surface area contributed by atoms with Gasteiger partial charge in [0, 0.05) is 25.5 Å². The zero-order valence-corrected chi connectivity index (χ0v) is 15.9. The van der Waals surface area contributed by atoms with Crippen LogP contribution in [0.15, 0.2) is 0 Å². The Balaban J connectivity index is 0. The number of carbonyl (C=O) groups excluding carboxylic acids is 3. The van der Waals surface area contributed by atoms with Gasteiger partial charge in [-0.1, -0.05) is 0 Å². The van der Waals surface area contributed by atoms with Crippen molar-refractivity contribution in [1.29, 1.82) is 0 Å². The van der Waals surface area contributed by atoms with E-state index in [1.807, 2.05) is 0 Å². The molecule has 0 aliphatic rings. The first-order chi connectivity index (χ1) is 11.1. The second-order valence-corrected chi connectivity index (χ2v) is 6.67. The number of hydrogen-bond acceptors (Lipinski definition) is 8. The molecule has 9 heteroatoms. The molecular weight excluding hydrogens is 336 g/mol. The van der Waals surface area contributed by atoms with E-state index in [2.05, 4.69) is 5.32 Å². The number of aliphatic hydroxyl groups is 1. The van der Waals surface area contributed by atoms with Gasteiger partial charge in [-0.25, -0.2) is 0 Å². The minimum atomic E-state index is -0.699. The van der Waals surface area contributed by atoms with Crippen LogP contribution in [-0.4, -0.2) is 72.8 Å². The highest BCUT2D eigenvalue weighted by atomic mass is 32.2. The van der Waals surface area contributed by atoms with Crippen LogP contribution in [0.4, 0.5) is 0 Å².